The van der Waals surface area contributed by atoms with E-state index in [-0.39, 0.29) is 0 Å². The molecule has 0 amide bonds. The number of aromatic nitrogens is 5. The Morgan fingerprint density at radius 2 is 2.10 bits per heavy atom. The van der Waals surface area contributed by atoms with Crippen LogP contribution in [0, 0.1) is 6.92 Å². The zero-order valence-electron chi connectivity index (χ0n) is 12.2. The van der Waals surface area contributed by atoms with Gasteiger partial charge in [-0.25, -0.2) is 9.67 Å². The molecular formula is C16H19N5. The summed E-state index contributed by atoms with van der Waals surface area (Å²) in [5, 5.41) is 11.2. The highest BCUT2D eigenvalue weighted by molar-refractivity contribution is 5.25. The van der Waals surface area contributed by atoms with E-state index in [0.29, 0.717) is 0 Å². The van der Waals surface area contributed by atoms with Crippen molar-refractivity contribution < 1.29 is 0 Å². The highest BCUT2D eigenvalue weighted by atomic mass is 15.3. The van der Waals surface area contributed by atoms with Crippen LogP contribution < -0.4 is 0 Å². The second-order valence-electron chi connectivity index (χ2n) is 5.22. The van der Waals surface area contributed by atoms with Crippen LogP contribution in [0.1, 0.15) is 28.9 Å². The molecule has 5 heteroatoms. The van der Waals surface area contributed by atoms with Gasteiger partial charge in [0, 0.05) is 12.6 Å². The first-order valence-electron chi connectivity index (χ1n) is 7.22. The van der Waals surface area contributed by atoms with E-state index in [1.807, 2.05) is 17.1 Å². The normalized spacial score (nSPS) is 10.9. The fourth-order valence-electron chi connectivity index (χ4n) is 2.43. The van der Waals surface area contributed by atoms with Crippen LogP contribution in [0.15, 0.2) is 43.0 Å². The van der Waals surface area contributed by atoms with Crippen LogP contribution in [-0.2, 0) is 19.4 Å². The number of rotatable bonds is 6. The number of nitrogens with one attached hydrogen (secondary N) is 1. The molecule has 1 aromatic carbocycles. The average molecular weight is 281 g/mol. The van der Waals surface area contributed by atoms with Gasteiger partial charge in [0.2, 0.25) is 0 Å². The summed E-state index contributed by atoms with van der Waals surface area (Å²) >= 11 is 0. The van der Waals surface area contributed by atoms with Crippen LogP contribution in [-0.4, -0.2) is 25.0 Å². The van der Waals surface area contributed by atoms with Gasteiger partial charge in [0.15, 0.2) is 0 Å². The summed E-state index contributed by atoms with van der Waals surface area (Å²) in [5.74, 6) is 1.04. The third-order valence-electron chi connectivity index (χ3n) is 3.70. The number of H-pyrrole nitrogens is 1. The number of aromatic amines is 1. The van der Waals surface area contributed by atoms with E-state index in [0.717, 1.165) is 31.6 Å². The largest absolute Gasteiger partial charge is 0.285 e. The van der Waals surface area contributed by atoms with E-state index in [9.17, 15) is 0 Å². The maximum absolute atomic E-state index is 4.39. The fourth-order valence-corrected chi connectivity index (χ4v) is 2.43. The summed E-state index contributed by atoms with van der Waals surface area (Å²) in [4.78, 5) is 4.39. The Morgan fingerprint density at radius 1 is 1.19 bits per heavy atom. The molecule has 21 heavy (non-hydrogen) atoms. The molecule has 5 nitrogen and oxygen atoms in total. The number of nitrogens with zero attached hydrogens (tertiary/aromatic N) is 4. The molecule has 0 radical (unpaired) electrons. The molecule has 2 heterocycles. The Bertz CT molecular complexity index is 684. The van der Waals surface area contributed by atoms with Gasteiger partial charge in [0.05, 0.1) is 12.7 Å². The molecule has 1 N–H and O–H groups in total. The van der Waals surface area contributed by atoms with E-state index in [1.54, 1.807) is 6.33 Å². The Kier molecular flexibility index (Phi) is 4.09. The third-order valence-corrected chi connectivity index (χ3v) is 3.70. The summed E-state index contributed by atoms with van der Waals surface area (Å²) < 4.78 is 2.00. The first-order valence-corrected chi connectivity index (χ1v) is 7.22. The van der Waals surface area contributed by atoms with Gasteiger partial charge in [-0.2, -0.15) is 10.2 Å². The zero-order chi connectivity index (χ0) is 14.5. The van der Waals surface area contributed by atoms with Gasteiger partial charge in [-0.1, -0.05) is 24.3 Å². The average Bonchev–Trinajstić information content (AvgIpc) is 3.14. The quantitative estimate of drug-likeness (QED) is 0.755. The molecule has 108 valence electrons. The summed E-state index contributed by atoms with van der Waals surface area (Å²) in [7, 11) is 0. The van der Waals surface area contributed by atoms with E-state index in [2.05, 4.69) is 51.5 Å². The second kappa shape index (κ2) is 6.35. The Labute approximate surface area is 124 Å². The fraction of sp³-hybridized carbons (Fsp3) is 0.312. The molecule has 0 fully saturated rings. The summed E-state index contributed by atoms with van der Waals surface area (Å²) in [5.41, 5.74) is 3.82. The standard InChI is InChI=1S/C16H19N5/c1-13-5-2-3-7-15(13)11-21-16(17-12-20-21)8-4-6-14-9-18-19-10-14/h2-3,5,7,9-10,12H,4,6,8,11H2,1H3,(H,18,19). The first kappa shape index (κ1) is 13.5. The van der Waals surface area contributed by atoms with Gasteiger partial charge in [0.1, 0.15) is 12.2 Å². The topological polar surface area (TPSA) is 59.4 Å². The van der Waals surface area contributed by atoms with Crippen molar-refractivity contribution in [3.05, 3.63) is 65.5 Å². The first-order chi connectivity index (χ1) is 10.3. The molecule has 0 aliphatic carbocycles. The highest BCUT2D eigenvalue weighted by Gasteiger charge is 2.06. The third kappa shape index (κ3) is 3.37. The van der Waals surface area contributed by atoms with Crippen LogP contribution in [0.4, 0.5) is 0 Å². The minimum absolute atomic E-state index is 0.785. The molecule has 0 spiro atoms. The van der Waals surface area contributed by atoms with Gasteiger partial charge < -0.3 is 0 Å². The van der Waals surface area contributed by atoms with Crippen LogP contribution in [0.3, 0.4) is 0 Å². The molecular weight excluding hydrogens is 262 g/mol. The van der Waals surface area contributed by atoms with Crippen molar-refractivity contribution in [3.63, 3.8) is 0 Å². The Hall–Kier alpha value is -2.43. The summed E-state index contributed by atoms with van der Waals surface area (Å²) in [6.45, 7) is 2.92. The highest BCUT2D eigenvalue weighted by Crippen LogP contribution is 2.11. The van der Waals surface area contributed by atoms with Crippen LogP contribution >= 0.6 is 0 Å². The maximum atomic E-state index is 4.39. The molecule has 3 rings (SSSR count). The van der Waals surface area contributed by atoms with Crippen molar-refractivity contribution in [1.29, 1.82) is 0 Å². The molecule has 0 unspecified atom stereocenters. The number of aryl methyl sites for hydroxylation is 3. The Morgan fingerprint density at radius 3 is 2.90 bits per heavy atom. The molecule has 2 aromatic heterocycles. The van der Waals surface area contributed by atoms with Crippen molar-refractivity contribution in [2.75, 3.05) is 0 Å². The SMILES string of the molecule is Cc1ccccc1Cn1ncnc1CCCc1cn[nH]c1. The monoisotopic (exact) mass is 281 g/mol. The smallest absolute Gasteiger partial charge is 0.138 e. The lowest BCUT2D eigenvalue weighted by Gasteiger charge is -2.08. The molecule has 0 atom stereocenters. The lowest BCUT2D eigenvalue weighted by molar-refractivity contribution is 0.619. The van der Waals surface area contributed by atoms with Gasteiger partial charge in [-0.3, -0.25) is 5.10 Å². The van der Waals surface area contributed by atoms with Crippen LogP contribution in [0.5, 0.6) is 0 Å². The maximum Gasteiger partial charge on any atom is 0.138 e. The van der Waals surface area contributed by atoms with Crippen molar-refractivity contribution in [1.82, 2.24) is 25.0 Å². The Balaban J connectivity index is 1.62. The van der Waals surface area contributed by atoms with Crippen molar-refractivity contribution >= 4 is 0 Å². The van der Waals surface area contributed by atoms with Gasteiger partial charge in [-0.15, -0.1) is 0 Å². The molecule has 0 saturated heterocycles. The van der Waals surface area contributed by atoms with E-state index in [1.165, 1.54) is 16.7 Å². The molecule has 0 aliphatic heterocycles. The minimum Gasteiger partial charge on any atom is -0.285 e. The van der Waals surface area contributed by atoms with E-state index >= 15 is 0 Å². The molecule has 0 aliphatic rings. The number of benzene rings is 1. The lowest BCUT2D eigenvalue weighted by atomic mass is 10.1. The van der Waals surface area contributed by atoms with Crippen molar-refractivity contribution in [3.8, 4) is 0 Å². The number of hydrogen-bond acceptors (Lipinski definition) is 3. The minimum atomic E-state index is 0.785. The van der Waals surface area contributed by atoms with Gasteiger partial charge in [0.25, 0.3) is 0 Å². The predicted octanol–water partition coefficient (Wildman–Crippen LogP) is 2.53. The van der Waals surface area contributed by atoms with E-state index < -0.39 is 0 Å². The summed E-state index contributed by atoms with van der Waals surface area (Å²) in [6, 6.07) is 8.40. The molecule has 0 saturated carbocycles. The van der Waals surface area contributed by atoms with Gasteiger partial charge >= 0.3 is 0 Å². The van der Waals surface area contributed by atoms with Crippen LogP contribution in [0.2, 0.25) is 0 Å². The van der Waals surface area contributed by atoms with Crippen LogP contribution in [0.25, 0.3) is 0 Å². The lowest BCUT2D eigenvalue weighted by Crippen LogP contribution is -2.08. The van der Waals surface area contributed by atoms with E-state index in [4.69, 9.17) is 0 Å². The van der Waals surface area contributed by atoms with Crippen molar-refractivity contribution in [2.45, 2.75) is 32.7 Å². The van der Waals surface area contributed by atoms with Crippen molar-refractivity contribution in [2.24, 2.45) is 0 Å². The zero-order valence-corrected chi connectivity index (χ0v) is 12.2. The van der Waals surface area contributed by atoms with Gasteiger partial charge in [-0.05, 0) is 36.5 Å². The number of hydrogen-bond donors (Lipinski definition) is 1. The second-order valence-corrected chi connectivity index (χ2v) is 5.22. The molecule has 3 aromatic rings. The summed E-state index contributed by atoms with van der Waals surface area (Å²) in [6.07, 6.45) is 8.44. The molecule has 0 bridgehead atoms. The predicted molar refractivity (Wildman–Crippen MR) is 80.9 cm³/mol.